The van der Waals surface area contributed by atoms with E-state index in [-0.39, 0.29) is 11.9 Å². The summed E-state index contributed by atoms with van der Waals surface area (Å²) < 4.78 is 0. The number of likely N-dealkylation sites (tertiary alicyclic amines) is 1. The Balaban J connectivity index is 2.46. The van der Waals surface area contributed by atoms with Crippen LogP contribution in [0.5, 0.6) is 0 Å². The summed E-state index contributed by atoms with van der Waals surface area (Å²) in [4.78, 5) is 13.2. The van der Waals surface area contributed by atoms with E-state index in [2.05, 4.69) is 4.90 Å². The third kappa shape index (κ3) is 2.21. The van der Waals surface area contributed by atoms with Crippen LogP contribution in [0.15, 0.2) is 0 Å². The zero-order chi connectivity index (χ0) is 8.97. The van der Waals surface area contributed by atoms with Crippen molar-refractivity contribution < 1.29 is 4.79 Å². The number of piperidine rings is 1. The molecule has 1 heterocycles. The first-order valence-electron chi connectivity index (χ1n) is 4.79. The summed E-state index contributed by atoms with van der Waals surface area (Å²) in [6, 6.07) is -0.0229. The van der Waals surface area contributed by atoms with Crippen LogP contribution in [-0.4, -0.2) is 29.9 Å². The molecule has 0 unspecified atom stereocenters. The predicted molar refractivity (Wildman–Crippen MR) is 48.7 cm³/mol. The van der Waals surface area contributed by atoms with Gasteiger partial charge in [0, 0.05) is 0 Å². The number of primary amides is 1. The third-order valence-corrected chi connectivity index (χ3v) is 2.55. The summed E-state index contributed by atoms with van der Waals surface area (Å²) in [6.07, 6.45) is 4.56. The van der Waals surface area contributed by atoms with Gasteiger partial charge in [-0.05, 0) is 32.4 Å². The molecule has 1 atom stereocenters. The number of carbonyl (C=O) groups excluding carboxylic acids is 1. The van der Waals surface area contributed by atoms with E-state index in [1.165, 1.54) is 19.3 Å². The van der Waals surface area contributed by atoms with Gasteiger partial charge in [0.05, 0.1) is 6.04 Å². The summed E-state index contributed by atoms with van der Waals surface area (Å²) in [7, 11) is 0. The highest BCUT2D eigenvalue weighted by Crippen LogP contribution is 2.13. The molecular weight excluding hydrogens is 152 g/mol. The molecule has 0 aromatic heterocycles. The summed E-state index contributed by atoms with van der Waals surface area (Å²) >= 11 is 0. The van der Waals surface area contributed by atoms with Crippen molar-refractivity contribution in [3.05, 3.63) is 0 Å². The van der Waals surface area contributed by atoms with Crippen molar-refractivity contribution in [3.8, 4) is 0 Å². The smallest absolute Gasteiger partial charge is 0.234 e. The van der Waals surface area contributed by atoms with Crippen LogP contribution in [0.1, 0.15) is 32.6 Å². The van der Waals surface area contributed by atoms with Gasteiger partial charge in [-0.1, -0.05) is 13.3 Å². The molecule has 0 saturated carbocycles. The topological polar surface area (TPSA) is 46.3 Å². The molecular formula is C9H18N2O. The van der Waals surface area contributed by atoms with E-state index in [1.807, 2.05) is 6.92 Å². The van der Waals surface area contributed by atoms with Gasteiger partial charge in [-0.2, -0.15) is 0 Å². The highest BCUT2D eigenvalue weighted by molar-refractivity contribution is 5.79. The van der Waals surface area contributed by atoms with Crippen LogP contribution < -0.4 is 5.73 Å². The van der Waals surface area contributed by atoms with Crippen LogP contribution in [0.3, 0.4) is 0 Å². The fraction of sp³-hybridized carbons (Fsp3) is 0.889. The second-order valence-corrected chi connectivity index (χ2v) is 3.42. The number of carbonyl (C=O) groups is 1. The van der Waals surface area contributed by atoms with E-state index in [1.54, 1.807) is 0 Å². The second kappa shape index (κ2) is 4.45. The van der Waals surface area contributed by atoms with Crippen molar-refractivity contribution in [1.29, 1.82) is 0 Å². The highest BCUT2D eigenvalue weighted by Gasteiger charge is 2.22. The van der Waals surface area contributed by atoms with Crippen LogP contribution in [0, 0.1) is 0 Å². The fourth-order valence-electron chi connectivity index (χ4n) is 1.87. The minimum absolute atomic E-state index is 0.0229. The van der Waals surface area contributed by atoms with E-state index >= 15 is 0 Å². The third-order valence-electron chi connectivity index (χ3n) is 2.55. The van der Waals surface area contributed by atoms with Gasteiger partial charge in [0.15, 0.2) is 0 Å². The molecule has 0 aliphatic carbocycles. The lowest BCUT2D eigenvalue weighted by Crippen LogP contribution is -2.46. The first-order chi connectivity index (χ1) is 5.75. The zero-order valence-corrected chi connectivity index (χ0v) is 7.75. The number of nitrogens with two attached hydrogens (primary N) is 1. The number of rotatable bonds is 3. The Kier molecular flexibility index (Phi) is 3.53. The van der Waals surface area contributed by atoms with Crippen molar-refractivity contribution in [2.75, 3.05) is 13.1 Å². The Bertz CT molecular complexity index is 153. The van der Waals surface area contributed by atoms with Crippen LogP contribution in [-0.2, 0) is 4.79 Å². The van der Waals surface area contributed by atoms with E-state index in [0.29, 0.717) is 0 Å². The molecule has 0 bridgehead atoms. The fourth-order valence-corrected chi connectivity index (χ4v) is 1.87. The summed E-state index contributed by atoms with van der Waals surface area (Å²) in [5.74, 6) is -0.167. The van der Waals surface area contributed by atoms with Crippen LogP contribution >= 0.6 is 0 Å². The van der Waals surface area contributed by atoms with E-state index in [9.17, 15) is 4.79 Å². The monoisotopic (exact) mass is 170 g/mol. The summed E-state index contributed by atoms with van der Waals surface area (Å²) in [6.45, 7) is 4.10. The average Bonchev–Trinajstić information content (AvgIpc) is 2.07. The maximum absolute atomic E-state index is 11.0. The molecule has 3 nitrogen and oxygen atoms in total. The number of amides is 1. The molecule has 2 N–H and O–H groups in total. The van der Waals surface area contributed by atoms with Crippen molar-refractivity contribution in [1.82, 2.24) is 4.90 Å². The Morgan fingerprint density at radius 2 is 2.00 bits per heavy atom. The van der Waals surface area contributed by atoms with E-state index < -0.39 is 0 Å². The van der Waals surface area contributed by atoms with Gasteiger partial charge in [-0.3, -0.25) is 9.69 Å². The Hall–Kier alpha value is -0.570. The Labute approximate surface area is 73.9 Å². The van der Waals surface area contributed by atoms with E-state index in [4.69, 9.17) is 5.73 Å². The minimum atomic E-state index is -0.167. The lowest BCUT2D eigenvalue weighted by Gasteiger charge is -2.31. The molecule has 3 heteroatoms. The van der Waals surface area contributed by atoms with Gasteiger partial charge in [0.1, 0.15) is 0 Å². The van der Waals surface area contributed by atoms with Crippen molar-refractivity contribution in [2.45, 2.75) is 38.6 Å². The highest BCUT2D eigenvalue weighted by atomic mass is 16.1. The number of nitrogens with zero attached hydrogens (tertiary/aromatic N) is 1. The van der Waals surface area contributed by atoms with Gasteiger partial charge in [-0.25, -0.2) is 0 Å². The predicted octanol–water partition coefficient (Wildman–Crippen LogP) is 0.736. The molecule has 12 heavy (non-hydrogen) atoms. The van der Waals surface area contributed by atoms with Crippen LogP contribution in [0.2, 0.25) is 0 Å². The second-order valence-electron chi connectivity index (χ2n) is 3.42. The van der Waals surface area contributed by atoms with Crippen molar-refractivity contribution in [3.63, 3.8) is 0 Å². The number of hydrogen-bond acceptors (Lipinski definition) is 2. The van der Waals surface area contributed by atoms with Gasteiger partial charge in [-0.15, -0.1) is 0 Å². The number of hydrogen-bond donors (Lipinski definition) is 1. The van der Waals surface area contributed by atoms with Gasteiger partial charge < -0.3 is 5.73 Å². The SMILES string of the molecule is CC[C@H](C(N)=O)N1CCCCC1. The maximum atomic E-state index is 11.0. The first kappa shape index (κ1) is 9.52. The summed E-state index contributed by atoms with van der Waals surface area (Å²) in [5, 5.41) is 0. The Morgan fingerprint density at radius 3 is 2.42 bits per heavy atom. The molecule has 1 fully saturated rings. The molecule has 0 spiro atoms. The molecule has 1 amide bonds. The van der Waals surface area contributed by atoms with Gasteiger partial charge >= 0.3 is 0 Å². The van der Waals surface area contributed by atoms with E-state index in [0.717, 1.165) is 19.5 Å². The molecule has 70 valence electrons. The molecule has 0 aromatic carbocycles. The first-order valence-corrected chi connectivity index (χ1v) is 4.79. The molecule has 0 radical (unpaired) electrons. The Morgan fingerprint density at radius 1 is 1.42 bits per heavy atom. The largest absolute Gasteiger partial charge is 0.368 e. The van der Waals surface area contributed by atoms with Gasteiger partial charge in [0.25, 0.3) is 0 Å². The zero-order valence-electron chi connectivity index (χ0n) is 7.75. The average molecular weight is 170 g/mol. The molecule has 1 aliphatic heterocycles. The maximum Gasteiger partial charge on any atom is 0.234 e. The standard InChI is InChI=1S/C9H18N2O/c1-2-8(9(10)12)11-6-4-3-5-7-11/h8H,2-7H2,1H3,(H2,10,12)/t8-/m1/s1. The molecule has 1 saturated heterocycles. The molecule has 1 aliphatic rings. The quantitative estimate of drug-likeness (QED) is 0.679. The van der Waals surface area contributed by atoms with Crippen molar-refractivity contribution >= 4 is 5.91 Å². The molecule has 1 rings (SSSR count). The van der Waals surface area contributed by atoms with Crippen LogP contribution in [0.4, 0.5) is 0 Å². The summed E-state index contributed by atoms with van der Waals surface area (Å²) in [5.41, 5.74) is 5.30. The van der Waals surface area contributed by atoms with Crippen LogP contribution in [0.25, 0.3) is 0 Å². The lowest BCUT2D eigenvalue weighted by atomic mass is 10.1. The lowest BCUT2D eigenvalue weighted by molar-refractivity contribution is -0.123. The van der Waals surface area contributed by atoms with Gasteiger partial charge in [0.2, 0.25) is 5.91 Å². The van der Waals surface area contributed by atoms with Crippen molar-refractivity contribution in [2.24, 2.45) is 5.73 Å². The normalized spacial score (nSPS) is 22.1. The molecule has 0 aromatic rings. The minimum Gasteiger partial charge on any atom is -0.368 e.